The van der Waals surface area contributed by atoms with Gasteiger partial charge in [0.15, 0.2) is 0 Å². The molecule has 1 aliphatic heterocycles. The highest BCUT2D eigenvalue weighted by atomic mass is 15.2. The zero-order valence-electron chi connectivity index (χ0n) is 10.6. The number of aromatic nitrogens is 1. The molecule has 2 fully saturated rings. The molecule has 3 rings (SSSR count). The number of likely N-dealkylation sites (tertiary alicyclic amines) is 1. The summed E-state index contributed by atoms with van der Waals surface area (Å²) in [5.41, 5.74) is 7.32. The lowest BCUT2D eigenvalue weighted by Crippen LogP contribution is -2.24. The molecule has 2 heterocycles. The van der Waals surface area contributed by atoms with Gasteiger partial charge in [-0.3, -0.25) is 15.3 Å². The predicted octanol–water partition coefficient (Wildman–Crippen LogP) is 1.60. The first-order chi connectivity index (χ1) is 8.74. The van der Waals surface area contributed by atoms with E-state index in [4.69, 9.17) is 11.1 Å². The van der Waals surface area contributed by atoms with E-state index >= 15 is 0 Å². The fraction of sp³-hybridized carbons (Fsp3) is 0.571. The van der Waals surface area contributed by atoms with E-state index in [2.05, 4.69) is 9.88 Å². The Labute approximate surface area is 108 Å². The van der Waals surface area contributed by atoms with Crippen molar-refractivity contribution >= 4 is 5.84 Å². The van der Waals surface area contributed by atoms with Crippen LogP contribution in [0, 0.1) is 17.2 Å². The Hall–Kier alpha value is -1.42. The van der Waals surface area contributed by atoms with Gasteiger partial charge < -0.3 is 5.73 Å². The first kappa shape index (κ1) is 11.7. The van der Waals surface area contributed by atoms with E-state index < -0.39 is 0 Å². The van der Waals surface area contributed by atoms with E-state index in [1.54, 1.807) is 6.20 Å². The third kappa shape index (κ3) is 2.12. The van der Waals surface area contributed by atoms with Gasteiger partial charge in [0.2, 0.25) is 0 Å². The van der Waals surface area contributed by atoms with Gasteiger partial charge in [-0.15, -0.1) is 0 Å². The molecule has 18 heavy (non-hydrogen) atoms. The number of nitrogens with one attached hydrogen (secondary N) is 1. The summed E-state index contributed by atoms with van der Waals surface area (Å²) in [6, 6.07) is 3.97. The maximum Gasteiger partial charge on any atom is 0.142 e. The molecule has 1 aliphatic carbocycles. The van der Waals surface area contributed by atoms with Crippen LogP contribution >= 0.6 is 0 Å². The van der Waals surface area contributed by atoms with Gasteiger partial charge in [-0.1, -0.05) is 12.5 Å². The van der Waals surface area contributed by atoms with E-state index in [-0.39, 0.29) is 5.84 Å². The van der Waals surface area contributed by atoms with Crippen molar-refractivity contribution in [1.29, 1.82) is 5.41 Å². The number of pyridine rings is 1. The van der Waals surface area contributed by atoms with E-state index in [1.165, 1.54) is 32.4 Å². The van der Waals surface area contributed by atoms with Crippen LogP contribution in [0.3, 0.4) is 0 Å². The monoisotopic (exact) mass is 244 g/mol. The van der Waals surface area contributed by atoms with Crippen molar-refractivity contribution in [3.05, 3.63) is 29.6 Å². The third-order valence-corrected chi connectivity index (χ3v) is 4.34. The summed E-state index contributed by atoms with van der Waals surface area (Å²) in [5, 5.41) is 7.57. The number of nitrogen functional groups attached to an aromatic ring is 1. The summed E-state index contributed by atoms with van der Waals surface area (Å²) >= 11 is 0. The molecular weight excluding hydrogens is 224 g/mol. The van der Waals surface area contributed by atoms with Gasteiger partial charge in [-0.25, -0.2) is 0 Å². The van der Waals surface area contributed by atoms with Crippen LogP contribution in [-0.4, -0.2) is 28.8 Å². The number of hydrogen-bond acceptors (Lipinski definition) is 3. The van der Waals surface area contributed by atoms with Crippen LogP contribution in [0.2, 0.25) is 0 Å². The average molecular weight is 244 g/mol. The van der Waals surface area contributed by atoms with Gasteiger partial charge in [0.1, 0.15) is 11.5 Å². The number of amidine groups is 1. The van der Waals surface area contributed by atoms with Gasteiger partial charge in [0, 0.05) is 25.8 Å². The summed E-state index contributed by atoms with van der Waals surface area (Å²) in [4.78, 5) is 6.71. The Bertz CT molecular complexity index is 445. The molecule has 0 bridgehead atoms. The number of nitrogens with zero attached hydrogens (tertiary/aromatic N) is 2. The van der Waals surface area contributed by atoms with Gasteiger partial charge in [0.25, 0.3) is 0 Å². The van der Waals surface area contributed by atoms with Crippen molar-refractivity contribution in [3.8, 4) is 0 Å². The number of hydrogen-bond donors (Lipinski definition) is 2. The van der Waals surface area contributed by atoms with Crippen LogP contribution in [0.25, 0.3) is 0 Å². The lowest BCUT2D eigenvalue weighted by Gasteiger charge is -2.18. The number of rotatable bonds is 3. The number of fused-ring (bicyclic) bond motifs is 1. The molecule has 0 aromatic carbocycles. The summed E-state index contributed by atoms with van der Waals surface area (Å²) in [7, 11) is 0. The highest BCUT2D eigenvalue weighted by Crippen LogP contribution is 2.38. The van der Waals surface area contributed by atoms with E-state index in [1.807, 2.05) is 12.1 Å². The van der Waals surface area contributed by atoms with Crippen molar-refractivity contribution in [1.82, 2.24) is 9.88 Å². The van der Waals surface area contributed by atoms with Gasteiger partial charge in [-0.05, 0) is 36.3 Å². The van der Waals surface area contributed by atoms with Crippen molar-refractivity contribution < 1.29 is 0 Å². The zero-order valence-corrected chi connectivity index (χ0v) is 10.6. The Kier molecular flexibility index (Phi) is 3.04. The molecule has 96 valence electrons. The quantitative estimate of drug-likeness (QED) is 0.627. The van der Waals surface area contributed by atoms with Gasteiger partial charge >= 0.3 is 0 Å². The molecule has 2 atom stereocenters. The minimum atomic E-state index is 0.0741. The minimum Gasteiger partial charge on any atom is -0.382 e. The van der Waals surface area contributed by atoms with E-state index in [9.17, 15) is 0 Å². The molecule has 1 saturated heterocycles. The minimum absolute atomic E-state index is 0.0741. The highest BCUT2D eigenvalue weighted by molar-refractivity contribution is 5.94. The van der Waals surface area contributed by atoms with Crippen molar-refractivity contribution in [2.75, 3.05) is 13.1 Å². The fourth-order valence-corrected chi connectivity index (χ4v) is 3.51. The van der Waals surface area contributed by atoms with E-state index in [0.29, 0.717) is 5.69 Å². The summed E-state index contributed by atoms with van der Waals surface area (Å²) in [5.74, 6) is 1.88. The fourth-order valence-electron chi connectivity index (χ4n) is 3.51. The maximum atomic E-state index is 7.57. The molecule has 0 spiro atoms. The molecule has 2 unspecified atom stereocenters. The van der Waals surface area contributed by atoms with Crippen LogP contribution in [0.5, 0.6) is 0 Å². The van der Waals surface area contributed by atoms with Crippen LogP contribution in [-0.2, 0) is 6.54 Å². The topological polar surface area (TPSA) is 66.0 Å². The van der Waals surface area contributed by atoms with Crippen LogP contribution in [0.4, 0.5) is 0 Å². The molecule has 1 saturated carbocycles. The molecule has 1 aromatic heterocycles. The molecular formula is C14H20N4. The maximum absolute atomic E-state index is 7.57. The van der Waals surface area contributed by atoms with E-state index in [0.717, 1.165) is 23.9 Å². The largest absolute Gasteiger partial charge is 0.382 e. The standard InChI is InChI=1S/C14H20N4/c15-14(16)13-12(5-2-6-17-13)9-18-7-10-3-1-4-11(10)8-18/h2,5-6,10-11H,1,3-4,7-9H2,(H3,15,16). The zero-order chi connectivity index (χ0) is 12.5. The molecule has 4 nitrogen and oxygen atoms in total. The van der Waals surface area contributed by atoms with Crippen molar-refractivity contribution in [2.45, 2.75) is 25.8 Å². The Morgan fingerprint density at radius 3 is 2.78 bits per heavy atom. The normalized spacial score (nSPS) is 27.3. The predicted molar refractivity (Wildman–Crippen MR) is 71.4 cm³/mol. The molecule has 2 aliphatic rings. The first-order valence-electron chi connectivity index (χ1n) is 6.74. The molecule has 3 N–H and O–H groups in total. The summed E-state index contributed by atoms with van der Waals surface area (Å²) in [6.45, 7) is 3.30. The lowest BCUT2D eigenvalue weighted by molar-refractivity contribution is 0.303. The van der Waals surface area contributed by atoms with Crippen LogP contribution < -0.4 is 5.73 Å². The van der Waals surface area contributed by atoms with Crippen LogP contribution in [0.1, 0.15) is 30.5 Å². The Morgan fingerprint density at radius 2 is 2.11 bits per heavy atom. The summed E-state index contributed by atoms with van der Waals surface area (Å²) < 4.78 is 0. The average Bonchev–Trinajstić information content (AvgIpc) is 2.90. The Balaban J connectivity index is 1.72. The SMILES string of the molecule is N=C(N)c1ncccc1CN1CC2CCCC2C1. The second-order valence-electron chi connectivity index (χ2n) is 5.57. The Morgan fingerprint density at radius 1 is 1.39 bits per heavy atom. The molecule has 0 radical (unpaired) electrons. The summed E-state index contributed by atoms with van der Waals surface area (Å²) in [6.07, 6.45) is 5.91. The second kappa shape index (κ2) is 4.69. The van der Waals surface area contributed by atoms with Gasteiger partial charge in [0.05, 0.1) is 0 Å². The highest BCUT2D eigenvalue weighted by Gasteiger charge is 2.35. The molecule has 1 aromatic rings. The molecule has 4 heteroatoms. The second-order valence-corrected chi connectivity index (χ2v) is 5.57. The molecule has 0 amide bonds. The lowest BCUT2D eigenvalue weighted by atomic mass is 10.0. The number of nitrogens with two attached hydrogens (primary N) is 1. The van der Waals surface area contributed by atoms with Crippen molar-refractivity contribution in [3.63, 3.8) is 0 Å². The first-order valence-corrected chi connectivity index (χ1v) is 6.74. The van der Waals surface area contributed by atoms with Crippen molar-refractivity contribution in [2.24, 2.45) is 17.6 Å². The van der Waals surface area contributed by atoms with Gasteiger partial charge in [-0.2, -0.15) is 0 Å². The van der Waals surface area contributed by atoms with Crippen LogP contribution in [0.15, 0.2) is 18.3 Å². The third-order valence-electron chi connectivity index (χ3n) is 4.34. The smallest absolute Gasteiger partial charge is 0.142 e.